The monoisotopic (exact) mass is 429 g/mol. The van der Waals surface area contributed by atoms with Crippen LogP contribution in [0.4, 0.5) is 4.39 Å². The van der Waals surface area contributed by atoms with E-state index in [1.807, 2.05) is 18.2 Å². The maximum absolute atomic E-state index is 13.2. The molecule has 0 saturated carbocycles. The Morgan fingerprint density at radius 2 is 1.70 bits per heavy atom. The van der Waals surface area contributed by atoms with Gasteiger partial charge in [-0.2, -0.15) is 0 Å². The van der Waals surface area contributed by atoms with Gasteiger partial charge in [0.2, 0.25) is 0 Å². The Labute approximate surface area is 179 Å². The second kappa shape index (κ2) is 10.1. The van der Waals surface area contributed by atoms with Crippen LogP contribution in [0, 0.1) is 5.82 Å². The number of ether oxygens (including phenoxy) is 2. The predicted molar refractivity (Wildman–Crippen MR) is 109 cm³/mol. The fourth-order valence-electron chi connectivity index (χ4n) is 2.93. The van der Waals surface area contributed by atoms with Crippen LogP contribution in [0.15, 0.2) is 60.7 Å². The lowest BCUT2D eigenvalue weighted by molar-refractivity contribution is -0.686. The summed E-state index contributed by atoms with van der Waals surface area (Å²) in [6.07, 6.45) is 0. The number of hydrogen-bond donors (Lipinski definition) is 1. The fourth-order valence-corrected chi connectivity index (χ4v) is 3.16. The van der Waals surface area contributed by atoms with Crippen molar-refractivity contribution in [3.63, 3.8) is 0 Å². The zero-order chi connectivity index (χ0) is 21.5. The van der Waals surface area contributed by atoms with Gasteiger partial charge < -0.3 is 24.7 Å². The van der Waals surface area contributed by atoms with E-state index in [0.29, 0.717) is 35.2 Å². The van der Waals surface area contributed by atoms with Crippen LogP contribution in [0.2, 0.25) is 5.02 Å². The molecule has 0 heterocycles. The van der Waals surface area contributed by atoms with Crippen molar-refractivity contribution in [2.45, 2.75) is 19.7 Å². The molecule has 0 aliphatic carbocycles. The molecule has 5 nitrogen and oxygen atoms in total. The number of hydrogen-bond acceptors (Lipinski definition) is 4. The van der Waals surface area contributed by atoms with E-state index in [4.69, 9.17) is 21.1 Å². The molecule has 156 valence electrons. The molecular formula is C23H21ClFNO4. The predicted octanol–water partition coefficient (Wildman–Crippen LogP) is 2.69. The van der Waals surface area contributed by atoms with Crippen LogP contribution in [0.1, 0.15) is 27.0 Å². The molecular weight excluding hydrogens is 409 g/mol. The molecule has 0 amide bonds. The molecule has 3 aromatic carbocycles. The molecule has 0 bridgehead atoms. The number of carbonyl (C=O) groups is 1. The van der Waals surface area contributed by atoms with Crippen molar-refractivity contribution in [3.05, 3.63) is 93.8 Å². The van der Waals surface area contributed by atoms with Crippen molar-refractivity contribution in [1.82, 2.24) is 0 Å². The molecule has 0 fully saturated rings. The van der Waals surface area contributed by atoms with E-state index >= 15 is 0 Å². The third kappa shape index (κ3) is 5.72. The molecule has 30 heavy (non-hydrogen) atoms. The van der Waals surface area contributed by atoms with E-state index in [-0.39, 0.29) is 12.2 Å². The number of benzene rings is 3. The van der Waals surface area contributed by atoms with Crippen LogP contribution < -0.4 is 19.9 Å². The zero-order valence-electron chi connectivity index (χ0n) is 16.4. The Hall–Kier alpha value is -3.09. The van der Waals surface area contributed by atoms with Crippen molar-refractivity contribution in [3.8, 4) is 11.5 Å². The minimum atomic E-state index is -1.18. The highest BCUT2D eigenvalue weighted by Gasteiger charge is 2.09. The first-order chi connectivity index (χ1) is 14.5. The van der Waals surface area contributed by atoms with Crippen molar-refractivity contribution in [2.24, 2.45) is 0 Å². The molecule has 0 aromatic heterocycles. The van der Waals surface area contributed by atoms with Gasteiger partial charge in [-0.25, -0.2) is 4.39 Å². The van der Waals surface area contributed by atoms with E-state index in [1.165, 1.54) is 12.1 Å². The number of carbonyl (C=O) groups excluding carboxylic acids is 1. The normalized spacial score (nSPS) is 10.6. The molecule has 0 aliphatic rings. The highest BCUT2D eigenvalue weighted by atomic mass is 35.5. The van der Waals surface area contributed by atoms with Crippen molar-refractivity contribution in [1.29, 1.82) is 0 Å². The van der Waals surface area contributed by atoms with E-state index in [0.717, 1.165) is 11.1 Å². The number of nitrogens with two attached hydrogens (primary N) is 1. The summed E-state index contributed by atoms with van der Waals surface area (Å²) in [4.78, 5) is 10.8. The van der Waals surface area contributed by atoms with Gasteiger partial charge in [0.05, 0.1) is 18.1 Å². The Bertz CT molecular complexity index is 1020. The number of aromatic carboxylic acids is 1. The first-order valence-electron chi connectivity index (χ1n) is 9.32. The molecule has 0 radical (unpaired) electrons. The summed E-state index contributed by atoms with van der Waals surface area (Å²) in [6.45, 7) is 1.61. The minimum Gasteiger partial charge on any atom is -0.545 e. The van der Waals surface area contributed by atoms with Gasteiger partial charge >= 0.3 is 0 Å². The standard InChI is InChI=1S/C23H21ClFNO4/c1-29-22-10-16(13-26-12-15-2-5-17(6-3-15)23(27)28)4-9-21(22)30-14-18-7-8-19(25)11-20(18)24/h2-11,26H,12-14H2,1H3,(H,27,28). The van der Waals surface area contributed by atoms with Crippen molar-refractivity contribution >= 4 is 17.6 Å². The topological polar surface area (TPSA) is 75.2 Å². The Balaban J connectivity index is 1.57. The minimum absolute atomic E-state index is 0.168. The van der Waals surface area contributed by atoms with Crippen molar-refractivity contribution in [2.75, 3.05) is 7.11 Å². The van der Waals surface area contributed by atoms with Gasteiger partial charge in [-0.05, 0) is 35.9 Å². The quantitative estimate of drug-likeness (QED) is 0.567. The Morgan fingerprint density at radius 1 is 1.00 bits per heavy atom. The van der Waals surface area contributed by atoms with Gasteiger partial charge in [-0.1, -0.05) is 41.9 Å². The van der Waals surface area contributed by atoms with E-state index in [9.17, 15) is 14.3 Å². The summed E-state index contributed by atoms with van der Waals surface area (Å²) in [7, 11) is 1.57. The van der Waals surface area contributed by atoms with E-state index < -0.39 is 11.8 Å². The van der Waals surface area contributed by atoms with Crippen LogP contribution in [0.3, 0.4) is 0 Å². The highest BCUT2D eigenvalue weighted by Crippen LogP contribution is 2.29. The maximum atomic E-state index is 13.2. The van der Waals surface area contributed by atoms with Gasteiger partial charge in [0.1, 0.15) is 25.5 Å². The van der Waals surface area contributed by atoms with Gasteiger partial charge in [-0.3, -0.25) is 0 Å². The first kappa shape index (κ1) is 21.6. The number of carboxylic acid groups (broad SMARTS) is 1. The Morgan fingerprint density at radius 3 is 2.37 bits per heavy atom. The number of carboxylic acids is 1. The summed E-state index contributed by atoms with van der Waals surface area (Å²) in [5.74, 6) is -0.407. The van der Waals surface area contributed by atoms with Gasteiger partial charge in [-0.15, -0.1) is 0 Å². The van der Waals surface area contributed by atoms with Crippen LogP contribution in [0.25, 0.3) is 0 Å². The largest absolute Gasteiger partial charge is 0.545 e. The lowest BCUT2D eigenvalue weighted by Gasteiger charge is -2.13. The molecule has 0 atom stereocenters. The summed E-state index contributed by atoms with van der Waals surface area (Å²) >= 11 is 6.04. The van der Waals surface area contributed by atoms with Crippen molar-refractivity contribution < 1.29 is 29.1 Å². The number of rotatable bonds is 9. The molecule has 7 heteroatoms. The molecule has 3 aromatic rings. The number of halogens is 2. The Kier molecular flexibility index (Phi) is 7.27. The second-order valence-electron chi connectivity index (χ2n) is 6.69. The zero-order valence-corrected chi connectivity index (χ0v) is 17.1. The fraction of sp³-hybridized carbons (Fsp3) is 0.174. The highest BCUT2D eigenvalue weighted by molar-refractivity contribution is 6.31. The van der Waals surface area contributed by atoms with Gasteiger partial charge in [0.25, 0.3) is 0 Å². The maximum Gasteiger partial charge on any atom is 0.161 e. The summed E-state index contributed by atoms with van der Waals surface area (Å²) in [5, 5.41) is 13.2. The van der Waals surface area contributed by atoms with Crippen LogP contribution in [0.5, 0.6) is 11.5 Å². The average Bonchev–Trinajstić information content (AvgIpc) is 2.74. The lowest BCUT2D eigenvalue weighted by Crippen LogP contribution is -2.80. The molecule has 0 saturated heterocycles. The second-order valence-corrected chi connectivity index (χ2v) is 7.10. The first-order valence-corrected chi connectivity index (χ1v) is 9.69. The van der Waals surface area contributed by atoms with Gasteiger partial charge in [0.15, 0.2) is 11.5 Å². The summed E-state index contributed by atoms with van der Waals surface area (Å²) in [6, 6.07) is 16.5. The summed E-state index contributed by atoms with van der Waals surface area (Å²) < 4.78 is 24.4. The third-order valence-electron chi connectivity index (χ3n) is 4.58. The van der Waals surface area contributed by atoms with E-state index in [1.54, 1.807) is 37.4 Å². The third-order valence-corrected chi connectivity index (χ3v) is 4.93. The lowest BCUT2D eigenvalue weighted by atomic mass is 10.1. The molecule has 0 aliphatic heterocycles. The summed E-state index contributed by atoms with van der Waals surface area (Å²) in [5.41, 5.74) is 2.91. The average molecular weight is 430 g/mol. The van der Waals surface area contributed by atoms with Crippen LogP contribution in [-0.2, 0) is 19.7 Å². The smallest absolute Gasteiger partial charge is 0.161 e. The van der Waals surface area contributed by atoms with Crippen LogP contribution in [-0.4, -0.2) is 13.1 Å². The van der Waals surface area contributed by atoms with Gasteiger partial charge in [0, 0.05) is 16.7 Å². The number of methoxy groups -OCH3 is 1. The van der Waals surface area contributed by atoms with Crippen LogP contribution >= 0.6 is 11.6 Å². The number of quaternary nitrogens is 1. The van der Waals surface area contributed by atoms with E-state index in [2.05, 4.69) is 5.32 Å². The molecule has 3 rings (SSSR count). The molecule has 0 spiro atoms. The molecule has 2 N–H and O–H groups in total. The molecule has 0 unspecified atom stereocenters. The SMILES string of the molecule is COc1cc(C[NH2+]Cc2ccc(C(=O)[O-])cc2)ccc1OCc1ccc(F)cc1Cl.